The second-order valence-corrected chi connectivity index (χ2v) is 10.4. The summed E-state index contributed by atoms with van der Waals surface area (Å²) in [5, 5.41) is 2.57. The standard InChI is InChI=1S/C24H25ClN2O3S/c1-26(17-18-6-9-22(25)10-7-18)24(28)20-12-14-27(15-13-20)31(29,30)23-11-8-19-4-2-3-5-21(19)16-23/h2-11,16,20H,12-15,17H2,1H3. The zero-order valence-electron chi connectivity index (χ0n) is 17.4. The van der Waals surface area contributed by atoms with Gasteiger partial charge in [-0.1, -0.05) is 54.1 Å². The zero-order valence-corrected chi connectivity index (χ0v) is 18.9. The van der Waals surface area contributed by atoms with Crippen LogP contribution in [0.5, 0.6) is 0 Å². The second kappa shape index (κ2) is 8.99. The Balaban J connectivity index is 1.39. The maximum atomic E-state index is 13.1. The van der Waals surface area contributed by atoms with E-state index in [-0.39, 0.29) is 11.8 Å². The summed E-state index contributed by atoms with van der Waals surface area (Å²) in [5.74, 6) is -0.113. The Bertz CT molecular complexity index is 1190. The molecule has 3 aromatic rings. The summed E-state index contributed by atoms with van der Waals surface area (Å²) in [5.41, 5.74) is 1.01. The smallest absolute Gasteiger partial charge is 0.243 e. The molecule has 1 aliphatic heterocycles. The van der Waals surface area contributed by atoms with E-state index in [1.165, 1.54) is 4.31 Å². The van der Waals surface area contributed by atoms with Crippen molar-refractivity contribution < 1.29 is 13.2 Å². The molecule has 1 aliphatic rings. The molecule has 1 amide bonds. The number of hydrogen-bond acceptors (Lipinski definition) is 3. The van der Waals surface area contributed by atoms with Gasteiger partial charge < -0.3 is 4.90 Å². The first-order valence-corrected chi connectivity index (χ1v) is 12.1. The Morgan fingerprint density at radius 3 is 2.32 bits per heavy atom. The summed E-state index contributed by atoms with van der Waals surface area (Å²) < 4.78 is 27.8. The van der Waals surface area contributed by atoms with E-state index in [1.807, 2.05) is 54.6 Å². The van der Waals surface area contributed by atoms with Gasteiger partial charge in [-0.3, -0.25) is 4.79 Å². The fourth-order valence-electron chi connectivity index (χ4n) is 4.07. The third kappa shape index (κ3) is 4.76. The van der Waals surface area contributed by atoms with Crippen LogP contribution in [0.3, 0.4) is 0 Å². The first-order valence-electron chi connectivity index (χ1n) is 10.3. The number of benzene rings is 3. The zero-order chi connectivity index (χ0) is 22.0. The van der Waals surface area contributed by atoms with Crippen LogP contribution >= 0.6 is 11.6 Å². The molecule has 1 saturated heterocycles. The molecule has 1 fully saturated rings. The highest BCUT2D eigenvalue weighted by Gasteiger charge is 2.33. The summed E-state index contributed by atoms with van der Waals surface area (Å²) in [6, 6.07) is 20.4. The lowest BCUT2D eigenvalue weighted by molar-refractivity contribution is -0.135. The SMILES string of the molecule is CN(Cc1ccc(Cl)cc1)C(=O)C1CCN(S(=O)(=O)c2ccc3ccccc3c2)CC1. The van der Waals surface area contributed by atoms with Crippen LogP contribution in [0.2, 0.25) is 5.02 Å². The van der Waals surface area contributed by atoms with Crippen molar-refractivity contribution >= 4 is 38.3 Å². The van der Waals surface area contributed by atoms with Crippen LogP contribution in [-0.4, -0.2) is 43.7 Å². The Hall–Kier alpha value is -2.41. The molecule has 0 bridgehead atoms. The minimum absolute atomic E-state index is 0.0534. The second-order valence-electron chi connectivity index (χ2n) is 8.01. The fraction of sp³-hybridized carbons (Fsp3) is 0.292. The number of hydrogen-bond donors (Lipinski definition) is 0. The molecule has 0 aromatic heterocycles. The maximum absolute atomic E-state index is 13.1. The molecule has 3 aromatic carbocycles. The van der Waals surface area contributed by atoms with Gasteiger partial charge in [-0.05, 0) is 53.4 Å². The summed E-state index contributed by atoms with van der Waals surface area (Å²) in [6.45, 7) is 1.20. The van der Waals surface area contributed by atoms with Gasteiger partial charge >= 0.3 is 0 Å². The van der Waals surface area contributed by atoms with Crippen LogP contribution in [0.4, 0.5) is 0 Å². The topological polar surface area (TPSA) is 57.7 Å². The van der Waals surface area contributed by atoms with Crippen molar-refractivity contribution in [3.05, 3.63) is 77.3 Å². The molecule has 7 heteroatoms. The minimum atomic E-state index is -3.58. The van der Waals surface area contributed by atoms with Crippen LogP contribution < -0.4 is 0 Å². The highest BCUT2D eigenvalue weighted by molar-refractivity contribution is 7.89. The Morgan fingerprint density at radius 2 is 1.65 bits per heavy atom. The van der Waals surface area contributed by atoms with Gasteiger partial charge in [-0.2, -0.15) is 4.31 Å². The van der Waals surface area contributed by atoms with Crippen molar-refractivity contribution in [1.82, 2.24) is 9.21 Å². The first-order chi connectivity index (χ1) is 14.8. The van der Waals surface area contributed by atoms with Crippen LogP contribution in [0.15, 0.2) is 71.6 Å². The average molecular weight is 457 g/mol. The molecule has 162 valence electrons. The lowest BCUT2D eigenvalue weighted by Crippen LogP contribution is -2.43. The van der Waals surface area contributed by atoms with Crippen molar-refractivity contribution in [2.75, 3.05) is 20.1 Å². The van der Waals surface area contributed by atoms with Gasteiger partial charge in [0, 0.05) is 37.6 Å². The van der Waals surface area contributed by atoms with Crippen molar-refractivity contribution in [2.24, 2.45) is 5.92 Å². The van der Waals surface area contributed by atoms with E-state index in [4.69, 9.17) is 11.6 Å². The summed E-state index contributed by atoms with van der Waals surface area (Å²) in [7, 11) is -1.79. The number of nitrogens with zero attached hydrogens (tertiary/aromatic N) is 2. The maximum Gasteiger partial charge on any atom is 0.243 e. The van der Waals surface area contributed by atoms with Gasteiger partial charge in [0.2, 0.25) is 15.9 Å². The number of sulfonamides is 1. The Morgan fingerprint density at radius 1 is 1.00 bits per heavy atom. The van der Waals surface area contributed by atoms with Crippen LogP contribution in [0.25, 0.3) is 10.8 Å². The lowest BCUT2D eigenvalue weighted by Gasteiger charge is -2.32. The van der Waals surface area contributed by atoms with E-state index in [0.29, 0.717) is 42.4 Å². The third-order valence-corrected chi connectivity index (χ3v) is 8.02. The van der Waals surface area contributed by atoms with Crippen molar-refractivity contribution in [3.63, 3.8) is 0 Å². The Kier molecular flexibility index (Phi) is 6.32. The van der Waals surface area contributed by atoms with E-state index in [9.17, 15) is 13.2 Å². The molecular weight excluding hydrogens is 432 g/mol. The van der Waals surface area contributed by atoms with E-state index in [2.05, 4.69) is 0 Å². The number of piperidine rings is 1. The van der Waals surface area contributed by atoms with Crippen molar-refractivity contribution in [2.45, 2.75) is 24.3 Å². The molecule has 0 N–H and O–H groups in total. The van der Waals surface area contributed by atoms with E-state index >= 15 is 0 Å². The quantitative estimate of drug-likeness (QED) is 0.565. The number of halogens is 1. The van der Waals surface area contributed by atoms with Gasteiger partial charge in [0.15, 0.2) is 0 Å². The van der Waals surface area contributed by atoms with Gasteiger partial charge in [-0.25, -0.2) is 8.42 Å². The largest absolute Gasteiger partial charge is 0.341 e. The molecule has 0 aliphatic carbocycles. The summed E-state index contributed by atoms with van der Waals surface area (Å²) >= 11 is 5.92. The number of carbonyl (C=O) groups excluding carboxylic acids is 1. The number of carbonyl (C=O) groups is 1. The minimum Gasteiger partial charge on any atom is -0.341 e. The molecule has 0 radical (unpaired) electrons. The van der Waals surface area contributed by atoms with Gasteiger partial charge in [0.25, 0.3) is 0 Å². The summed E-state index contributed by atoms with van der Waals surface area (Å²) in [6.07, 6.45) is 1.05. The van der Waals surface area contributed by atoms with Gasteiger partial charge in [-0.15, -0.1) is 0 Å². The van der Waals surface area contributed by atoms with Crippen LogP contribution in [-0.2, 0) is 21.4 Å². The molecule has 0 saturated carbocycles. The summed E-state index contributed by atoms with van der Waals surface area (Å²) in [4.78, 5) is 14.9. The number of fused-ring (bicyclic) bond motifs is 1. The highest BCUT2D eigenvalue weighted by atomic mass is 35.5. The molecule has 0 spiro atoms. The molecule has 5 nitrogen and oxygen atoms in total. The number of amides is 1. The highest BCUT2D eigenvalue weighted by Crippen LogP contribution is 2.27. The van der Waals surface area contributed by atoms with E-state index < -0.39 is 10.0 Å². The molecule has 1 heterocycles. The number of rotatable bonds is 5. The lowest BCUT2D eigenvalue weighted by atomic mass is 9.96. The van der Waals surface area contributed by atoms with E-state index in [0.717, 1.165) is 16.3 Å². The van der Waals surface area contributed by atoms with E-state index in [1.54, 1.807) is 24.1 Å². The molecular formula is C24H25ClN2O3S. The predicted molar refractivity (Wildman–Crippen MR) is 123 cm³/mol. The molecule has 0 unspecified atom stereocenters. The van der Waals surface area contributed by atoms with Crippen LogP contribution in [0, 0.1) is 5.92 Å². The first kappa shape index (κ1) is 21.8. The predicted octanol–water partition coefficient (Wildman–Crippen LogP) is 4.55. The fourth-order valence-corrected chi connectivity index (χ4v) is 5.70. The molecule has 4 rings (SSSR count). The van der Waals surface area contributed by atoms with Gasteiger partial charge in [0.05, 0.1) is 4.90 Å². The average Bonchev–Trinajstić information content (AvgIpc) is 2.79. The Labute approximate surface area is 188 Å². The van der Waals surface area contributed by atoms with Crippen LogP contribution in [0.1, 0.15) is 18.4 Å². The monoisotopic (exact) mass is 456 g/mol. The molecule has 0 atom stereocenters. The van der Waals surface area contributed by atoms with Gasteiger partial charge in [0.1, 0.15) is 0 Å². The molecule has 31 heavy (non-hydrogen) atoms. The normalized spacial score (nSPS) is 15.8. The third-order valence-electron chi connectivity index (χ3n) is 5.87. The van der Waals surface area contributed by atoms with Crippen molar-refractivity contribution in [3.8, 4) is 0 Å². The van der Waals surface area contributed by atoms with Crippen molar-refractivity contribution in [1.29, 1.82) is 0 Å².